The zero-order chi connectivity index (χ0) is 39.1. The molecule has 0 bridgehead atoms. The number of hydrogen-bond acceptors (Lipinski definition) is 5. The molecule has 0 fully saturated rings. The first-order valence-corrected chi connectivity index (χ1v) is 19.4. The first-order chi connectivity index (χ1) is 27.3. The molecule has 0 saturated carbocycles. The van der Waals surface area contributed by atoms with E-state index in [1.807, 2.05) is 60.7 Å². The summed E-state index contributed by atoms with van der Waals surface area (Å²) in [6.07, 6.45) is 8.31. The summed E-state index contributed by atoms with van der Waals surface area (Å²) in [5, 5.41) is 0. The van der Waals surface area contributed by atoms with Gasteiger partial charge >= 0.3 is 0 Å². The van der Waals surface area contributed by atoms with Gasteiger partial charge in [-0.05, 0) is 110 Å². The van der Waals surface area contributed by atoms with E-state index in [-0.39, 0.29) is 24.4 Å². The summed E-state index contributed by atoms with van der Waals surface area (Å²) in [6.45, 7) is 9.33. The highest BCUT2D eigenvalue weighted by Crippen LogP contribution is 2.29. The molecule has 56 heavy (non-hydrogen) atoms. The van der Waals surface area contributed by atoms with Crippen molar-refractivity contribution >= 4 is 23.5 Å². The van der Waals surface area contributed by atoms with Gasteiger partial charge in [0, 0.05) is 18.4 Å². The van der Waals surface area contributed by atoms with Crippen molar-refractivity contribution in [3.63, 3.8) is 0 Å². The molecule has 0 aliphatic rings. The van der Waals surface area contributed by atoms with Gasteiger partial charge in [0.05, 0.1) is 12.2 Å². The third-order valence-corrected chi connectivity index (χ3v) is 9.24. The lowest BCUT2D eigenvalue weighted by Crippen LogP contribution is -2.09. The molecule has 0 aromatic heterocycles. The first kappa shape index (κ1) is 39.8. The molecule has 5 nitrogen and oxygen atoms in total. The van der Waals surface area contributed by atoms with E-state index in [0.717, 1.165) is 56.3 Å². The Morgan fingerprint density at radius 2 is 0.804 bits per heavy atom. The summed E-state index contributed by atoms with van der Waals surface area (Å²) < 4.78 is 24.6. The molecule has 0 aliphatic heterocycles. The van der Waals surface area contributed by atoms with Crippen molar-refractivity contribution in [1.29, 1.82) is 0 Å². The molecule has 6 aromatic carbocycles. The summed E-state index contributed by atoms with van der Waals surface area (Å²) in [5.41, 5.74) is 8.87. The molecule has 5 heteroatoms. The lowest BCUT2D eigenvalue weighted by atomic mass is 10.1. The molecule has 0 heterocycles. The van der Waals surface area contributed by atoms with E-state index in [9.17, 15) is 0 Å². The van der Waals surface area contributed by atoms with Gasteiger partial charge in [0.1, 0.15) is 36.9 Å². The first-order valence-electron chi connectivity index (χ1n) is 19.4. The summed E-state index contributed by atoms with van der Waals surface area (Å²) in [7, 11) is 2.09. The minimum Gasteiger partial charge on any atom is -0.489 e. The monoisotopic (exact) mass is 743 g/mol. The van der Waals surface area contributed by atoms with Gasteiger partial charge in [-0.1, -0.05) is 133 Å². The summed E-state index contributed by atoms with van der Waals surface area (Å²) in [4.78, 5) is 2.19. The van der Waals surface area contributed by atoms with Crippen LogP contribution in [-0.4, -0.2) is 19.3 Å². The molecule has 2 unspecified atom stereocenters. The third kappa shape index (κ3) is 12.1. The van der Waals surface area contributed by atoms with Crippen LogP contribution in [0.2, 0.25) is 0 Å². The van der Waals surface area contributed by atoms with Gasteiger partial charge in [0.2, 0.25) is 0 Å². The SMILES string of the molecule is CC(C)OC(C=Cc1ccc(N(C)c2ccc(C=CC(OC(C)C)c3ccc(OCc4ccccc4)cc3)cc2)cc1)c1ccc(OCc2ccccc2)cc1. The molecule has 0 radical (unpaired) electrons. The van der Waals surface area contributed by atoms with Crippen LogP contribution in [0.4, 0.5) is 11.4 Å². The lowest BCUT2D eigenvalue weighted by molar-refractivity contribution is 0.0350. The molecule has 0 amide bonds. The largest absolute Gasteiger partial charge is 0.489 e. The van der Waals surface area contributed by atoms with E-state index < -0.39 is 0 Å². The fourth-order valence-corrected chi connectivity index (χ4v) is 6.21. The Hall–Kier alpha value is -5.88. The normalized spacial score (nSPS) is 12.7. The maximum atomic E-state index is 6.30. The molecule has 0 spiro atoms. The van der Waals surface area contributed by atoms with Crippen LogP contribution in [0.1, 0.15) is 73.3 Å². The minimum absolute atomic E-state index is 0.0785. The highest BCUT2D eigenvalue weighted by molar-refractivity contribution is 5.66. The number of hydrogen-bond donors (Lipinski definition) is 0. The summed E-state index contributed by atoms with van der Waals surface area (Å²) >= 11 is 0. The van der Waals surface area contributed by atoms with Crippen LogP contribution in [0, 0.1) is 0 Å². The molecule has 286 valence electrons. The molecule has 6 aromatic rings. The quantitative estimate of drug-likeness (QED) is 0.0877. The van der Waals surface area contributed by atoms with Crippen molar-refractivity contribution in [3.8, 4) is 11.5 Å². The van der Waals surface area contributed by atoms with E-state index in [1.165, 1.54) is 0 Å². The maximum absolute atomic E-state index is 6.30. The summed E-state index contributed by atoms with van der Waals surface area (Å²) in [6, 6.07) is 53.9. The highest BCUT2D eigenvalue weighted by atomic mass is 16.5. The van der Waals surface area contributed by atoms with Gasteiger partial charge in [-0.2, -0.15) is 0 Å². The smallest absolute Gasteiger partial charge is 0.119 e. The van der Waals surface area contributed by atoms with Crippen LogP contribution in [0.3, 0.4) is 0 Å². The molecule has 0 N–H and O–H groups in total. The second-order valence-electron chi connectivity index (χ2n) is 14.4. The van der Waals surface area contributed by atoms with Crippen molar-refractivity contribution in [2.75, 3.05) is 11.9 Å². The van der Waals surface area contributed by atoms with Crippen LogP contribution >= 0.6 is 0 Å². The van der Waals surface area contributed by atoms with E-state index in [0.29, 0.717) is 13.2 Å². The fraction of sp³-hybridized carbons (Fsp3) is 0.216. The van der Waals surface area contributed by atoms with Crippen LogP contribution < -0.4 is 14.4 Å². The van der Waals surface area contributed by atoms with Gasteiger partial charge in [-0.3, -0.25) is 0 Å². The third-order valence-electron chi connectivity index (χ3n) is 9.24. The van der Waals surface area contributed by atoms with Crippen LogP contribution in [0.25, 0.3) is 12.2 Å². The number of ether oxygens (including phenoxy) is 4. The van der Waals surface area contributed by atoms with Crippen molar-refractivity contribution in [1.82, 2.24) is 0 Å². The number of nitrogens with zero attached hydrogens (tertiary/aromatic N) is 1. The van der Waals surface area contributed by atoms with E-state index in [2.05, 4.69) is 161 Å². The van der Waals surface area contributed by atoms with Gasteiger partial charge < -0.3 is 23.8 Å². The highest BCUT2D eigenvalue weighted by Gasteiger charge is 2.13. The zero-order valence-electron chi connectivity index (χ0n) is 33.1. The average molecular weight is 744 g/mol. The van der Waals surface area contributed by atoms with E-state index in [1.54, 1.807) is 0 Å². The molecular weight excluding hydrogens is 691 g/mol. The fourth-order valence-electron chi connectivity index (χ4n) is 6.21. The van der Waals surface area contributed by atoms with Gasteiger partial charge in [-0.15, -0.1) is 0 Å². The molecular formula is C51H53NO4. The van der Waals surface area contributed by atoms with Gasteiger partial charge in [0.15, 0.2) is 0 Å². The number of rotatable bonds is 18. The van der Waals surface area contributed by atoms with Gasteiger partial charge in [0.25, 0.3) is 0 Å². The van der Waals surface area contributed by atoms with Gasteiger partial charge in [-0.25, -0.2) is 0 Å². The lowest BCUT2D eigenvalue weighted by Gasteiger charge is -2.20. The molecule has 0 saturated heterocycles. The van der Waals surface area contributed by atoms with Crippen molar-refractivity contribution in [2.24, 2.45) is 0 Å². The maximum Gasteiger partial charge on any atom is 0.119 e. The molecule has 6 rings (SSSR count). The van der Waals surface area contributed by atoms with E-state index in [4.69, 9.17) is 18.9 Å². The second-order valence-corrected chi connectivity index (χ2v) is 14.4. The minimum atomic E-state index is -0.175. The summed E-state index contributed by atoms with van der Waals surface area (Å²) in [5.74, 6) is 1.67. The Balaban J connectivity index is 1.05. The number of benzene rings is 6. The second kappa shape index (κ2) is 20.2. The zero-order valence-corrected chi connectivity index (χ0v) is 33.1. The Kier molecular flexibility index (Phi) is 14.3. The topological polar surface area (TPSA) is 40.2 Å². The van der Waals surface area contributed by atoms with Crippen LogP contribution in [0.5, 0.6) is 11.5 Å². The Bertz CT molecular complexity index is 1940. The number of anilines is 2. The van der Waals surface area contributed by atoms with Crippen LogP contribution in [-0.2, 0) is 22.7 Å². The van der Waals surface area contributed by atoms with Crippen molar-refractivity contribution < 1.29 is 18.9 Å². The van der Waals surface area contributed by atoms with Crippen molar-refractivity contribution in [2.45, 2.75) is 65.3 Å². The predicted octanol–water partition coefficient (Wildman–Crippen LogP) is 13.0. The molecule has 2 atom stereocenters. The van der Waals surface area contributed by atoms with Crippen molar-refractivity contribution in [3.05, 3.63) is 203 Å². The Morgan fingerprint density at radius 3 is 1.14 bits per heavy atom. The Labute approximate surface area is 333 Å². The molecule has 0 aliphatic carbocycles. The standard InChI is InChI=1S/C51H53NO4/c1-38(2)55-50(44-22-30-48(31-23-44)53-36-42-12-8-6-9-13-42)34-20-40-16-26-46(27-17-40)52(5)47-28-18-41(19-29-47)21-35-51(56-39(3)4)45-24-32-49(33-25-45)54-37-43-14-10-7-11-15-43/h6-35,38-39,50-51H,36-37H2,1-5H3. The van der Waals surface area contributed by atoms with Crippen LogP contribution in [0.15, 0.2) is 170 Å². The van der Waals surface area contributed by atoms with E-state index >= 15 is 0 Å². The Morgan fingerprint density at radius 1 is 0.446 bits per heavy atom. The average Bonchev–Trinajstić information content (AvgIpc) is 3.23. The predicted molar refractivity (Wildman–Crippen MR) is 231 cm³/mol.